The van der Waals surface area contributed by atoms with Crippen LogP contribution < -0.4 is 0 Å². The van der Waals surface area contributed by atoms with Crippen molar-refractivity contribution < 1.29 is 14.7 Å². The molecule has 3 nitrogen and oxygen atoms in total. The number of aliphatic carboxylic acids is 1. The van der Waals surface area contributed by atoms with Crippen LogP contribution in [0.4, 0.5) is 0 Å². The Morgan fingerprint density at radius 1 is 0.800 bits per heavy atom. The second kappa shape index (κ2) is 13.1. The highest BCUT2D eigenvalue weighted by atomic mass is 16.4. The Morgan fingerprint density at radius 2 is 1.25 bits per heavy atom. The van der Waals surface area contributed by atoms with Crippen LogP contribution in [0.25, 0.3) is 0 Å². The zero-order chi connectivity index (χ0) is 15.2. The van der Waals surface area contributed by atoms with Crippen LogP contribution in [0.3, 0.4) is 0 Å². The van der Waals surface area contributed by atoms with Crippen LogP contribution >= 0.6 is 0 Å². The number of ketones is 1. The Hall–Kier alpha value is -0.860. The van der Waals surface area contributed by atoms with Gasteiger partial charge in [0.15, 0.2) is 0 Å². The summed E-state index contributed by atoms with van der Waals surface area (Å²) in [7, 11) is 0. The first-order valence-corrected chi connectivity index (χ1v) is 8.39. The lowest BCUT2D eigenvalue weighted by atomic mass is 9.95. The second-order valence-corrected chi connectivity index (χ2v) is 5.68. The number of carbonyl (C=O) groups is 2. The molecule has 0 aromatic heterocycles. The van der Waals surface area contributed by atoms with Crippen LogP contribution in [-0.4, -0.2) is 16.9 Å². The van der Waals surface area contributed by atoms with E-state index in [1.165, 1.54) is 51.4 Å². The average Bonchev–Trinajstić information content (AvgIpc) is 2.43. The molecule has 0 heterocycles. The van der Waals surface area contributed by atoms with Gasteiger partial charge in [-0.15, -0.1) is 0 Å². The number of hydrogen-bond donors (Lipinski definition) is 1. The van der Waals surface area contributed by atoms with Gasteiger partial charge in [0.2, 0.25) is 0 Å². The van der Waals surface area contributed by atoms with Crippen molar-refractivity contribution in [2.45, 2.75) is 90.9 Å². The number of carbonyl (C=O) groups excluding carboxylic acids is 1. The van der Waals surface area contributed by atoms with Crippen molar-refractivity contribution in [3.05, 3.63) is 0 Å². The minimum Gasteiger partial charge on any atom is -0.481 e. The van der Waals surface area contributed by atoms with E-state index in [1.807, 2.05) is 0 Å². The van der Waals surface area contributed by atoms with Crippen molar-refractivity contribution >= 4 is 11.8 Å². The van der Waals surface area contributed by atoms with Gasteiger partial charge in [-0.25, -0.2) is 0 Å². The standard InChI is InChI=1S/C17H32O3/c1-3-5-6-7-8-9-10-11-12-13-14-15(17(19)20)16(18)4-2/h15H,3-14H2,1-2H3,(H,19,20). The maximum Gasteiger partial charge on any atom is 0.314 e. The van der Waals surface area contributed by atoms with E-state index in [4.69, 9.17) is 5.11 Å². The summed E-state index contributed by atoms with van der Waals surface area (Å²) in [4.78, 5) is 22.4. The highest BCUT2D eigenvalue weighted by molar-refractivity contribution is 5.97. The van der Waals surface area contributed by atoms with E-state index in [-0.39, 0.29) is 5.78 Å². The minimum atomic E-state index is -0.951. The molecule has 0 aromatic rings. The Balaban J connectivity index is 3.46. The minimum absolute atomic E-state index is 0.131. The van der Waals surface area contributed by atoms with Gasteiger partial charge in [-0.1, -0.05) is 78.1 Å². The Morgan fingerprint density at radius 3 is 1.65 bits per heavy atom. The molecule has 0 saturated carbocycles. The third-order valence-corrected chi connectivity index (χ3v) is 3.88. The van der Waals surface area contributed by atoms with E-state index in [0.29, 0.717) is 12.8 Å². The summed E-state index contributed by atoms with van der Waals surface area (Å²) in [6.45, 7) is 3.96. The molecule has 0 rings (SSSR count). The van der Waals surface area contributed by atoms with Crippen molar-refractivity contribution in [1.29, 1.82) is 0 Å². The smallest absolute Gasteiger partial charge is 0.314 e. The summed E-state index contributed by atoms with van der Waals surface area (Å²) in [5, 5.41) is 9.00. The highest BCUT2D eigenvalue weighted by Crippen LogP contribution is 2.15. The zero-order valence-electron chi connectivity index (χ0n) is 13.3. The molecule has 0 amide bonds. The van der Waals surface area contributed by atoms with E-state index in [2.05, 4.69) is 6.92 Å². The summed E-state index contributed by atoms with van der Waals surface area (Å²) in [6.07, 6.45) is 13.1. The van der Waals surface area contributed by atoms with E-state index >= 15 is 0 Å². The van der Waals surface area contributed by atoms with Crippen LogP contribution in [0.2, 0.25) is 0 Å². The van der Waals surface area contributed by atoms with Crippen LogP contribution in [0, 0.1) is 5.92 Å². The van der Waals surface area contributed by atoms with Crippen LogP contribution in [0.5, 0.6) is 0 Å². The molecule has 0 aromatic carbocycles. The van der Waals surface area contributed by atoms with Crippen molar-refractivity contribution in [3.63, 3.8) is 0 Å². The van der Waals surface area contributed by atoms with Gasteiger partial charge in [0.25, 0.3) is 0 Å². The molecule has 118 valence electrons. The molecule has 0 aliphatic heterocycles. The highest BCUT2D eigenvalue weighted by Gasteiger charge is 2.23. The molecule has 3 heteroatoms. The Labute approximate surface area is 124 Å². The van der Waals surface area contributed by atoms with Gasteiger partial charge in [0.05, 0.1) is 0 Å². The predicted octanol–water partition coefficient (Wildman–Crippen LogP) is 4.98. The van der Waals surface area contributed by atoms with Gasteiger partial charge in [-0.3, -0.25) is 9.59 Å². The van der Waals surface area contributed by atoms with E-state index in [9.17, 15) is 9.59 Å². The average molecular weight is 284 g/mol. The topological polar surface area (TPSA) is 54.4 Å². The predicted molar refractivity (Wildman–Crippen MR) is 82.9 cm³/mol. The lowest BCUT2D eigenvalue weighted by Crippen LogP contribution is -2.23. The van der Waals surface area contributed by atoms with Crippen LogP contribution in [-0.2, 0) is 9.59 Å². The van der Waals surface area contributed by atoms with Crippen LogP contribution in [0.1, 0.15) is 90.9 Å². The first-order chi connectivity index (χ1) is 9.63. The fraction of sp³-hybridized carbons (Fsp3) is 0.882. The van der Waals surface area contributed by atoms with Gasteiger partial charge in [-0.2, -0.15) is 0 Å². The second-order valence-electron chi connectivity index (χ2n) is 5.68. The molecule has 0 aliphatic rings. The third kappa shape index (κ3) is 9.99. The summed E-state index contributed by atoms with van der Waals surface area (Å²) in [6, 6.07) is 0. The summed E-state index contributed by atoms with van der Waals surface area (Å²) in [5.74, 6) is -1.85. The van der Waals surface area contributed by atoms with E-state index < -0.39 is 11.9 Å². The Kier molecular flexibility index (Phi) is 12.6. The number of carboxylic acids is 1. The number of carboxylic acid groups (broad SMARTS) is 1. The molecule has 1 N–H and O–H groups in total. The molecular weight excluding hydrogens is 252 g/mol. The summed E-state index contributed by atoms with van der Waals surface area (Å²) < 4.78 is 0. The number of unbranched alkanes of at least 4 members (excludes halogenated alkanes) is 9. The lowest BCUT2D eigenvalue weighted by molar-refractivity contribution is -0.146. The number of rotatable bonds is 14. The Bertz CT molecular complexity index is 261. The van der Waals surface area contributed by atoms with Gasteiger partial charge in [0, 0.05) is 6.42 Å². The SMILES string of the molecule is CCCCCCCCCCCCC(C(=O)O)C(=O)CC. The van der Waals surface area contributed by atoms with Crippen molar-refractivity contribution in [1.82, 2.24) is 0 Å². The third-order valence-electron chi connectivity index (χ3n) is 3.88. The maximum absolute atomic E-state index is 11.5. The van der Waals surface area contributed by atoms with Gasteiger partial charge in [0.1, 0.15) is 11.7 Å². The normalized spacial score (nSPS) is 12.3. The molecule has 1 atom stereocenters. The quantitative estimate of drug-likeness (QED) is 0.361. The fourth-order valence-electron chi connectivity index (χ4n) is 2.50. The maximum atomic E-state index is 11.5. The molecule has 1 unspecified atom stereocenters. The fourth-order valence-corrected chi connectivity index (χ4v) is 2.50. The number of hydrogen-bond acceptors (Lipinski definition) is 2. The monoisotopic (exact) mass is 284 g/mol. The van der Waals surface area contributed by atoms with E-state index in [0.717, 1.165) is 12.8 Å². The summed E-state index contributed by atoms with van der Waals surface area (Å²) >= 11 is 0. The van der Waals surface area contributed by atoms with Crippen molar-refractivity contribution in [2.75, 3.05) is 0 Å². The first kappa shape index (κ1) is 19.1. The largest absolute Gasteiger partial charge is 0.481 e. The van der Waals surface area contributed by atoms with Crippen molar-refractivity contribution in [3.8, 4) is 0 Å². The molecule has 0 spiro atoms. The molecule has 0 bridgehead atoms. The van der Waals surface area contributed by atoms with Gasteiger partial charge >= 0.3 is 5.97 Å². The number of Topliss-reactive ketones (excluding diaryl/α,β-unsaturated/α-hetero) is 1. The molecule has 0 aliphatic carbocycles. The van der Waals surface area contributed by atoms with Crippen LogP contribution in [0.15, 0.2) is 0 Å². The van der Waals surface area contributed by atoms with E-state index in [1.54, 1.807) is 6.92 Å². The van der Waals surface area contributed by atoms with Gasteiger partial charge < -0.3 is 5.11 Å². The molecule has 0 fully saturated rings. The lowest BCUT2D eigenvalue weighted by Gasteiger charge is -2.09. The van der Waals surface area contributed by atoms with Gasteiger partial charge in [-0.05, 0) is 6.42 Å². The van der Waals surface area contributed by atoms with Crippen molar-refractivity contribution in [2.24, 2.45) is 5.92 Å². The molecule has 0 saturated heterocycles. The molecular formula is C17H32O3. The molecule has 20 heavy (non-hydrogen) atoms. The summed E-state index contributed by atoms with van der Waals surface area (Å²) in [5.41, 5.74) is 0. The zero-order valence-corrected chi connectivity index (χ0v) is 13.3. The molecule has 0 radical (unpaired) electrons. The first-order valence-electron chi connectivity index (χ1n) is 8.39.